The van der Waals surface area contributed by atoms with Gasteiger partial charge >= 0.3 is 5.97 Å². The average Bonchev–Trinajstić information content (AvgIpc) is 3.06. The summed E-state index contributed by atoms with van der Waals surface area (Å²) in [5.41, 5.74) is -1.74. The number of nitro benzene ring substituents is 1. The quantitative estimate of drug-likeness (QED) is 0.498. The van der Waals surface area contributed by atoms with Crippen LogP contribution in [0.5, 0.6) is 0 Å². The van der Waals surface area contributed by atoms with Crippen LogP contribution in [0.3, 0.4) is 0 Å². The average molecular weight is 369 g/mol. The molecule has 2 aromatic carbocycles. The first-order valence-electron chi connectivity index (χ1n) is 7.89. The number of hydrazone groups is 1. The van der Waals surface area contributed by atoms with Gasteiger partial charge in [-0.3, -0.25) is 14.9 Å². The van der Waals surface area contributed by atoms with Crippen molar-refractivity contribution >= 4 is 23.3 Å². The molecule has 1 aliphatic heterocycles. The maximum Gasteiger partial charge on any atom is 0.354 e. The number of nitro groups is 1. The van der Waals surface area contributed by atoms with Crippen LogP contribution in [0.1, 0.15) is 22.3 Å². The van der Waals surface area contributed by atoms with E-state index in [1.807, 2.05) is 0 Å². The summed E-state index contributed by atoms with van der Waals surface area (Å²) >= 11 is 0. The number of nitrogens with zero attached hydrogens (tertiary/aromatic N) is 3. The van der Waals surface area contributed by atoms with E-state index in [1.165, 1.54) is 31.4 Å². The summed E-state index contributed by atoms with van der Waals surface area (Å²) in [6.45, 7) is 0. The second-order valence-corrected chi connectivity index (χ2v) is 5.82. The third-order valence-corrected chi connectivity index (χ3v) is 4.16. The Bertz CT molecular complexity index is 926. The van der Waals surface area contributed by atoms with Crippen LogP contribution < -0.4 is 0 Å². The molecular weight excluding hydrogens is 354 g/mol. The fourth-order valence-corrected chi connectivity index (χ4v) is 2.77. The highest BCUT2D eigenvalue weighted by Crippen LogP contribution is 2.36. The summed E-state index contributed by atoms with van der Waals surface area (Å²) in [6, 6.07) is 13.2. The van der Waals surface area contributed by atoms with Crippen molar-refractivity contribution in [3.8, 4) is 0 Å². The van der Waals surface area contributed by atoms with Crippen molar-refractivity contribution in [1.82, 2.24) is 5.01 Å². The van der Waals surface area contributed by atoms with Crippen molar-refractivity contribution in [2.75, 3.05) is 7.11 Å². The SMILES string of the molecule is COC(=O)C1=NN(C(=O)c2ccc([N+](=O)[O-])cc2)[C@@](O)(c2ccccc2)C1. The van der Waals surface area contributed by atoms with Crippen molar-refractivity contribution in [3.05, 3.63) is 75.8 Å². The van der Waals surface area contributed by atoms with Gasteiger partial charge in [0.1, 0.15) is 0 Å². The Morgan fingerprint density at radius 2 is 1.81 bits per heavy atom. The van der Waals surface area contributed by atoms with Gasteiger partial charge in [0.05, 0.1) is 18.5 Å². The molecule has 1 heterocycles. The predicted octanol–water partition coefficient (Wildman–Crippen LogP) is 1.81. The number of esters is 1. The first-order valence-corrected chi connectivity index (χ1v) is 7.89. The lowest BCUT2D eigenvalue weighted by Crippen LogP contribution is -2.43. The smallest absolute Gasteiger partial charge is 0.354 e. The summed E-state index contributed by atoms with van der Waals surface area (Å²) in [4.78, 5) is 35.0. The van der Waals surface area contributed by atoms with Crippen LogP contribution in [0.15, 0.2) is 59.7 Å². The molecule has 0 aliphatic carbocycles. The zero-order chi connectivity index (χ0) is 19.6. The van der Waals surface area contributed by atoms with E-state index in [4.69, 9.17) is 0 Å². The molecule has 1 aliphatic rings. The first-order chi connectivity index (χ1) is 12.9. The number of rotatable bonds is 4. The third-order valence-electron chi connectivity index (χ3n) is 4.16. The normalized spacial score (nSPS) is 18.7. The zero-order valence-corrected chi connectivity index (χ0v) is 14.2. The number of aliphatic hydroxyl groups is 1. The number of non-ortho nitro benzene ring substituents is 1. The summed E-state index contributed by atoms with van der Waals surface area (Å²) in [6.07, 6.45) is -0.248. The lowest BCUT2D eigenvalue weighted by molar-refractivity contribution is -0.384. The molecule has 1 amide bonds. The Labute approximate surface area is 153 Å². The van der Waals surface area contributed by atoms with Gasteiger partial charge in [-0.05, 0) is 12.1 Å². The van der Waals surface area contributed by atoms with E-state index in [2.05, 4.69) is 9.84 Å². The lowest BCUT2D eigenvalue weighted by atomic mass is 9.97. The van der Waals surface area contributed by atoms with Crippen molar-refractivity contribution in [3.63, 3.8) is 0 Å². The van der Waals surface area contributed by atoms with Gasteiger partial charge in [-0.1, -0.05) is 30.3 Å². The predicted molar refractivity (Wildman–Crippen MR) is 93.7 cm³/mol. The maximum atomic E-state index is 12.9. The molecule has 0 radical (unpaired) electrons. The molecule has 9 heteroatoms. The third kappa shape index (κ3) is 3.27. The number of amides is 1. The van der Waals surface area contributed by atoms with E-state index in [0.717, 1.165) is 5.01 Å². The van der Waals surface area contributed by atoms with Gasteiger partial charge in [-0.25, -0.2) is 4.79 Å². The highest BCUT2D eigenvalue weighted by molar-refractivity contribution is 6.37. The molecule has 3 rings (SSSR count). The number of hydrogen-bond acceptors (Lipinski definition) is 7. The van der Waals surface area contributed by atoms with Crippen LogP contribution in [0, 0.1) is 10.1 Å². The van der Waals surface area contributed by atoms with Crippen LogP contribution in [0.25, 0.3) is 0 Å². The van der Waals surface area contributed by atoms with E-state index >= 15 is 0 Å². The fourth-order valence-electron chi connectivity index (χ4n) is 2.77. The molecule has 0 bridgehead atoms. The van der Waals surface area contributed by atoms with E-state index < -0.39 is 22.5 Å². The lowest BCUT2D eigenvalue weighted by Gasteiger charge is -2.31. The number of methoxy groups -OCH3 is 1. The minimum Gasteiger partial charge on any atom is -0.464 e. The molecule has 0 saturated heterocycles. The molecule has 2 aromatic rings. The largest absolute Gasteiger partial charge is 0.464 e. The Kier molecular flexibility index (Phi) is 4.70. The summed E-state index contributed by atoms with van der Waals surface area (Å²) in [7, 11) is 1.17. The molecule has 138 valence electrons. The van der Waals surface area contributed by atoms with E-state index in [-0.39, 0.29) is 23.4 Å². The van der Waals surface area contributed by atoms with Crippen LogP contribution >= 0.6 is 0 Å². The molecule has 1 N–H and O–H groups in total. The molecule has 9 nitrogen and oxygen atoms in total. The Hall–Kier alpha value is -3.59. The van der Waals surface area contributed by atoms with Crippen molar-refractivity contribution in [1.29, 1.82) is 0 Å². The summed E-state index contributed by atoms with van der Waals surface area (Å²) in [5.74, 6) is -1.47. The highest BCUT2D eigenvalue weighted by Gasteiger charge is 2.48. The zero-order valence-electron chi connectivity index (χ0n) is 14.2. The second kappa shape index (κ2) is 6.96. The molecule has 27 heavy (non-hydrogen) atoms. The van der Waals surface area contributed by atoms with E-state index in [0.29, 0.717) is 5.56 Å². The standard InChI is InChI=1S/C18H15N3O6/c1-27-17(23)15-11-18(24,13-5-3-2-4-6-13)20(19-15)16(22)12-7-9-14(10-8-12)21(25)26/h2-10,24H,11H2,1H3/t18-/m0/s1. The molecular formula is C18H15N3O6. The number of hydrogen-bond donors (Lipinski definition) is 1. The van der Waals surface area contributed by atoms with Gasteiger partial charge in [-0.2, -0.15) is 10.1 Å². The Balaban J connectivity index is 2.02. The van der Waals surface area contributed by atoms with Gasteiger partial charge in [0, 0.05) is 23.3 Å². The minimum absolute atomic E-state index is 0.0739. The Morgan fingerprint density at radius 1 is 1.19 bits per heavy atom. The number of carbonyl (C=O) groups is 2. The van der Waals surface area contributed by atoms with Gasteiger partial charge < -0.3 is 9.84 Å². The fraction of sp³-hybridized carbons (Fsp3) is 0.167. The van der Waals surface area contributed by atoms with Crippen molar-refractivity contribution in [2.45, 2.75) is 12.1 Å². The number of benzene rings is 2. The maximum absolute atomic E-state index is 12.9. The van der Waals surface area contributed by atoms with Gasteiger partial charge in [-0.15, -0.1) is 0 Å². The first kappa shape index (κ1) is 18.2. The van der Waals surface area contributed by atoms with Gasteiger partial charge in [0.2, 0.25) is 0 Å². The summed E-state index contributed by atoms with van der Waals surface area (Å²) < 4.78 is 4.65. The molecule has 0 fully saturated rings. The van der Waals surface area contributed by atoms with Crippen LogP contribution in [0.2, 0.25) is 0 Å². The number of ether oxygens (including phenoxy) is 1. The Morgan fingerprint density at radius 3 is 2.37 bits per heavy atom. The molecule has 0 unspecified atom stereocenters. The minimum atomic E-state index is -1.89. The van der Waals surface area contributed by atoms with Gasteiger partial charge in [0.25, 0.3) is 11.6 Å². The number of carbonyl (C=O) groups excluding carboxylic acids is 2. The van der Waals surface area contributed by atoms with Crippen LogP contribution in [-0.2, 0) is 15.3 Å². The second-order valence-electron chi connectivity index (χ2n) is 5.82. The molecule has 0 spiro atoms. The topological polar surface area (TPSA) is 122 Å². The van der Waals surface area contributed by atoms with E-state index in [1.54, 1.807) is 30.3 Å². The van der Waals surface area contributed by atoms with Crippen molar-refractivity contribution < 1.29 is 24.4 Å². The monoisotopic (exact) mass is 369 g/mol. The van der Waals surface area contributed by atoms with Crippen LogP contribution in [-0.4, -0.2) is 39.7 Å². The van der Waals surface area contributed by atoms with Crippen LogP contribution in [0.4, 0.5) is 5.69 Å². The summed E-state index contributed by atoms with van der Waals surface area (Å²) in [5, 5.41) is 26.7. The van der Waals surface area contributed by atoms with Crippen molar-refractivity contribution in [2.24, 2.45) is 5.10 Å². The molecule has 0 saturated carbocycles. The molecule has 1 atom stereocenters. The van der Waals surface area contributed by atoms with Gasteiger partial charge in [0.15, 0.2) is 11.4 Å². The van der Waals surface area contributed by atoms with E-state index in [9.17, 15) is 24.8 Å². The molecule has 0 aromatic heterocycles. The highest BCUT2D eigenvalue weighted by atomic mass is 16.6.